The van der Waals surface area contributed by atoms with Crippen LogP contribution in [0.15, 0.2) is 12.1 Å². The minimum Gasteiger partial charge on any atom is -0.372 e. The molecule has 1 aromatic heterocycles. The number of nitrogens with two attached hydrogens (primary N) is 1. The zero-order chi connectivity index (χ0) is 14.0. The molecule has 0 bridgehead atoms. The van der Waals surface area contributed by atoms with Crippen molar-refractivity contribution >= 4 is 17.3 Å². The molecule has 2 atom stereocenters. The molecule has 0 aromatic carbocycles. The summed E-state index contributed by atoms with van der Waals surface area (Å²) < 4.78 is 5.62. The lowest BCUT2D eigenvalue weighted by molar-refractivity contribution is -0.384. The molecule has 0 aliphatic carbocycles. The highest BCUT2D eigenvalue weighted by atomic mass is 16.6. The molecule has 2 heterocycles. The Balaban J connectivity index is 2.38. The zero-order valence-electron chi connectivity index (χ0n) is 10.9. The Morgan fingerprint density at radius 1 is 1.47 bits per heavy atom. The molecular weight excluding hydrogens is 250 g/mol. The fourth-order valence-corrected chi connectivity index (χ4v) is 2.25. The number of pyridine rings is 1. The number of nitrogens with zero attached hydrogens (tertiary/aromatic N) is 3. The van der Waals surface area contributed by atoms with Crippen LogP contribution in [-0.2, 0) is 4.74 Å². The SMILES string of the molecule is C[C@@H]1CN(c2nc(NN)ccc2[N+](=O)[O-])C[C@H](C)O1. The highest BCUT2D eigenvalue weighted by Gasteiger charge is 2.28. The second-order valence-electron chi connectivity index (χ2n) is 4.60. The van der Waals surface area contributed by atoms with Gasteiger partial charge in [0.15, 0.2) is 0 Å². The van der Waals surface area contributed by atoms with Gasteiger partial charge >= 0.3 is 5.69 Å². The number of aromatic nitrogens is 1. The first-order chi connectivity index (χ1) is 9.01. The van der Waals surface area contributed by atoms with E-state index in [1.165, 1.54) is 12.1 Å². The first kappa shape index (κ1) is 13.5. The number of ether oxygens (including phenoxy) is 1. The quantitative estimate of drug-likeness (QED) is 0.475. The molecule has 19 heavy (non-hydrogen) atoms. The van der Waals surface area contributed by atoms with Gasteiger partial charge in [-0.2, -0.15) is 0 Å². The van der Waals surface area contributed by atoms with E-state index in [0.717, 1.165) is 0 Å². The number of nitro groups is 1. The molecule has 1 aliphatic heterocycles. The van der Waals surface area contributed by atoms with Gasteiger partial charge in [0.1, 0.15) is 5.82 Å². The summed E-state index contributed by atoms with van der Waals surface area (Å²) in [5.41, 5.74) is 2.38. The predicted molar refractivity (Wildman–Crippen MR) is 70.9 cm³/mol. The number of hydrogen-bond donors (Lipinski definition) is 2. The average molecular weight is 267 g/mol. The monoisotopic (exact) mass is 267 g/mol. The predicted octanol–water partition coefficient (Wildman–Crippen LogP) is 0.889. The van der Waals surface area contributed by atoms with E-state index in [9.17, 15) is 10.1 Å². The molecule has 3 N–H and O–H groups in total. The van der Waals surface area contributed by atoms with E-state index in [4.69, 9.17) is 10.6 Å². The number of nitrogen functional groups attached to an aromatic ring is 1. The number of hydrogen-bond acceptors (Lipinski definition) is 7. The van der Waals surface area contributed by atoms with Crippen LogP contribution in [-0.4, -0.2) is 35.2 Å². The van der Waals surface area contributed by atoms with E-state index in [0.29, 0.717) is 24.7 Å². The molecule has 1 fully saturated rings. The van der Waals surface area contributed by atoms with Crippen LogP contribution in [0.4, 0.5) is 17.3 Å². The van der Waals surface area contributed by atoms with E-state index in [1.807, 2.05) is 18.7 Å². The maximum absolute atomic E-state index is 11.1. The van der Waals surface area contributed by atoms with Crippen LogP contribution in [0.3, 0.4) is 0 Å². The topological polar surface area (TPSA) is 107 Å². The summed E-state index contributed by atoms with van der Waals surface area (Å²) in [6.45, 7) is 4.98. The third-order valence-electron chi connectivity index (χ3n) is 2.92. The lowest BCUT2D eigenvalue weighted by Gasteiger charge is -2.35. The molecule has 2 rings (SSSR count). The minimum absolute atomic E-state index is 0.000328. The third-order valence-corrected chi connectivity index (χ3v) is 2.92. The van der Waals surface area contributed by atoms with E-state index >= 15 is 0 Å². The van der Waals surface area contributed by atoms with Crippen molar-refractivity contribution in [1.82, 2.24) is 4.98 Å². The Kier molecular flexibility index (Phi) is 3.82. The first-order valence-corrected chi connectivity index (χ1v) is 6.03. The van der Waals surface area contributed by atoms with Gasteiger partial charge < -0.3 is 15.1 Å². The maximum Gasteiger partial charge on any atom is 0.311 e. The zero-order valence-corrected chi connectivity index (χ0v) is 10.9. The maximum atomic E-state index is 11.1. The van der Waals surface area contributed by atoms with Gasteiger partial charge in [-0.25, -0.2) is 10.8 Å². The highest BCUT2D eigenvalue weighted by Crippen LogP contribution is 2.29. The fourth-order valence-electron chi connectivity index (χ4n) is 2.25. The number of nitrogens with one attached hydrogen (secondary N) is 1. The Labute approximate surface area is 110 Å². The fraction of sp³-hybridized carbons (Fsp3) is 0.545. The van der Waals surface area contributed by atoms with Crippen LogP contribution < -0.4 is 16.2 Å². The van der Waals surface area contributed by atoms with Gasteiger partial charge in [0.05, 0.1) is 17.1 Å². The molecule has 0 saturated carbocycles. The van der Waals surface area contributed by atoms with Crippen molar-refractivity contribution in [3.05, 3.63) is 22.2 Å². The second kappa shape index (κ2) is 5.37. The summed E-state index contributed by atoms with van der Waals surface area (Å²) >= 11 is 0. The standard InChI is InChI=1S/C11H17N5O3/c1-7-5-15(6-8(2)19-7)11-9(16(17)18)3-4-10(13-11)14-12/h3-4,7-8H,5-6,12H2,1-2H3,(H,13,14)/t7-,8+. The van der Waals surface area contributed by atoms with Crippen molar-refractivity contribution in [2.24, 2.45) is 5.84 Å². The smallest absolute Gasteiger partial charge is 0.311 e. The Hall–Kier alpha value is -1.93. The van der Waals surface area contributed by atoms with Crippen molar-refractivity contribution < 1.29 is 9.66 Å². The van der Waals surface area contributed by atoms with E-state index in [1.54, 1.807) is 0 Å². The number of morpholine rings is 1. The van der Waals surface area contributed by atoms with Gasteiger partial charge in [-0.1, -0.05) is 0 Å². The molecular formula is C11H17N5O3. The summed E-state index contributed by atoms with van der Waals surface area (Å²) in [6, 6.07) is 2.89. The van der Waals surface area contributed by atoms with Gasteiger partial charge in [-0.15, -0.1) is 0 Å². The van der Waals surface area contributed by atoms with Crippen molar-refractivity contribution in [2.45, 2.75) is 26.1 Å². The molecule has 0 amide bonds. The lowest BCUT2D eigenvalue weighted by Crippen LogP contribution is -2.46. The molecule has 1 aliphatic rings. The van der Waals surface area contributed by atoms with Gasteiger partial charge in [0.2, 0.25) is 5.82 Å². The second-order valence-corrected chi connectivity index (χ2v) is 4.60. The van der Waals surface area contributed by atoms with Gasteiger partial charge in [-0.05, 0) is 19.9 Å². The molecule has 0 unspecified atom stereocenters. The number of rotatable bonds is 3. The molecule has 1 aromatic rings. The highest BCUT2D eigenvalue weighted by molar-refractivity contribution is 5.62. The van der Waals surface area contributed by atoms with Crippen LogP contribution in [0.2, 0.25) is 0 Å². The van der Waals surface area contributed by atoms with Crippen LogP contribution in [0.25, 0.3) is 0 Å². The summed E-state index contributed by atoms with van der Waals surface area (Å²) in [5, 5.41) is 11.1. The van der Waals surface area contributed by atoms with Crippen molar-refractivity contribution in [3.8, 4) is 0 Å². The molecule has 0 radical (unpaired) electrons. The lowest BCUT2D eigenvalue weighted by atomic mass is 10.2. The normalized spacial score (nSPS) is 23.2. The molecule has 0 spiro atoms. The van der Waals surface area contributed by atoms with Crippen LogP contribution in [0, 0.1) is 10.1 Å². The van der Waals surface area contributed by atoms with E-state index < -0.39 is 4.92 Å². The van der Waals surface area contributed by atoms with E-state index in [2.05, 4.69) is 10.4 Å². The van der Waals surface area contributed by atoms with Crippen molar-refractivity contribution in [2.75, 3.05) is 23.4 Å². The largest absolute Gasteiger partial charge is 0.372 e. The van der Waals surface area contributed by atoms with Gasteiger partial charge in [-0.3, -0.25) is 10.1 Å². The summed E-state index contributed by atoms with van der Waals surface area (Å²) in [4.78, 5) is 16.7. The van der Waals surface area contributed by atoms with Gasteiger partial charge in [0, 0.05) is 19.2 Å². The third kappa shape index (κ3) is 2.91. The number of anilines is 2. The molecule has 8 nitrogen and oxygen atoms in total. The van der Waals surface area contributed by atoms with Crippen LogP contribution >= 0.6 is 0 Å². The van der Waals surface area contributed by atoms with Gasteiger partial charge in [0.25, 0.3) is 0 Å². The van der Waals surface area contributed by atoms with E-state index in [-0.39, 0.29) is 17.9 Å². The summed E-state index contributed by atoms with van der Waals surface area (Å²) in [7, 11) is 0. The summed E-state index contributed by atoms with van der Waals surface area (Å²) in [6.07, 6.45) is -0.000656. The van der Waals surface area contributed by atoms with Crippen LogP contribution in [0.5, 0.6) is 0 Å². The Bertz CT molecular complexity index is 471. The Morgan fingerprint density at radius 2 is 2.11 bits per heavy atom. The molecule has 1 saturated heterocycles. The Morgan fingerprint density at radius 3 is 2.63 bits per heavy atom. The van der Waals surface area contributed by atoms with Crippen molar-refractivity contribution in [3.63, 3.8) is 0 Å². The first-order valence-electron chi connectivity index (χ1n) is 6.03. The average Bonchev–Trinajstić information content (AvgIpc) is 2.36. The summed E-state index contributed by atoms with van der Waals surface area (Å²) in [5.74, 6) is 6.02. The van der Waals surface area contributed by atoms with Crippen LogP contribution in [0.1, 0.15) is 13.8 Å². The number of hydrazine groups is 1. The van der Waals surface area contributed by atoms with Crippen molar-refractivity contribution in [1.29, 1.82) is 0 Å². The molecule has 8 heteroatoms. The molecule has 104 valence electrons. The minimum atomic E-state index is -0.437.